The molecule has 1 aliphatic heterocycles. The number of amides is 2. The first kappa shape index (κ1) is 22.4. The van der Waals surface area contributed by atoms with Gasteiger partial charge in [-0.1, -0.05) is 55.0 Å². The molecule has 1 heterocycles. The van der Waals surface area contributed by atoms with Gasteiger partial charge in [0.05, 0.1) is 12.5 Å². The number of nitrogens with one attached hydrogen (secondary N) is 2. The van der Waals surface area contributed by atoms with Crippen LogP contribution >= 0.6 is 0 Å². The third-order valence-corrected chi connectivity index (χ3v) is 7.29. The first-order valence-electron chi connectivity index (χ1n) is 11.7. The molecule has 2 amide bonds. The van der Waals surface area contributed by atoms with Crippen molar-refractivity contribution in [2.45, 2.75) is 43.2 Å². The average Bonchev–Trinajstić information content (AvgIpc) is 3.56. The van der Waals surface area contributed by atoms with Crippen LogP contribution in [-0.2, 0) is 19.1 Å². The molecule has 2 aromatic rings. The highest BCUT2D eigenvalue weighted by Crippen LogP contribution is 2.44. The second-order valence-electron chi connectivity index (χ2n) is 9.29. The van der Waals surface area contributed by atoms with Gasteiger partial charge in [0.15, 0.2) is 5.54 Å². The molecular formula is C26H28N2O6. The number of benzene rings is 2. The number of carboxylic acids is 1. The van der Waals surface area contributed by atoms with E-state index in [4.69, 9.17) is 9.47 Å². The molecule has 8 heteroatoms. The quantitative estimate of drug-likeness (QED) is 0.606. The highest BCUT2D eigenvalue weighted by atomic mass is 16.5. The molecule has 1 saturated carbocycles. The van der Waals surface area contributed by atoms with Crippen molar-refractivity contribution in [2.75, 3.05) is 19.8 Å². The molecule has 0 spiro atoms. The lowest BCUT2D eigenvalue weighted by molar-refractivity contribution is -0.148. The Morgan fingerprint density at radius 2 is 1.71 bits per heavy atom. The third kappa shape index (κ3) is 4.03. The maximum absolute atomic E-state index is 12.9. The molecule has 3 aliphatic rings. The largest absolute Gasteiger partial charge is 0.479 e. The van der Waals surface area contributed by atoms with Crippen molar-refractivity contribution in [1.29, 1.82) is 0 Å². The molecule has 8 nitrogen and oxygen atoms in total. The van der Waals surface area contributed by atoms with Gasteiger partial charge in [-0.25, -0.2) is 9.59 Å². The molecule has 5 rings (SSSR count). The minimum absolute atomic E-state index is 0.0429. The van der Waals surface area contributed by atoms with E-state index in [1.54, 1.807) is 0 Å². The fourth-order valence-electron chi connectivity index (χ4n) is 5.45. The van der Waals surface area contributed by atoms with E-state index >= 15 is 0 Å². The fourth-order valence-corrected chi connectivity index (χ4v) is 5.45. The monoisotopic (exact) mass is 464 g/mol. The number of rotatable bonds is 6. The van der Waals surface area contributed by atoms with Gasteiger partial charge in [-0.05, 0) is 35.1 Å². The summed E-state index contributed by atoms with van der Waals surface area (Å²) in [5.41, 5.74) is 3.18. The predicted octanol–water partition coefficient (Wildman–Crippen LogP) is 3.05. The van der Waals surface area contributed by atoms with Gasteiger partial charge in [-0.15, -0.1) is 0 Å². The van der Waals surface area contributed by atoms with E-state index in [0.29, 0.717) is 19.4 Å². The molecule has 0 aromatic heterocycles. The van der Waals surface area contributed by atoms with Crippen molar-refractivity contribution in [1.82, 2.24) is 10.6 Å². The van der Waals surface area contributed by atoms with Crippen LogP contribution in [0.4, 0.5) is 4.79 Å². The molecule has 2 fully saturated rings. The summed E-state index contributed by atoms with van der Waals surface area (Å²) < 4.78 is 10.8. The Morgan fingerprint density at radius 1 is 1.03 bits per heavy atom. The minimum atomic E-state index is -1.39. The van der Waals surface area contributed by atoms with Gasteiger partial charge < -0.3 is 25.2 Å². The standard InChI is InChI=1S/C26H28N2O6/c29-23(28-26(24(30)31)12-13-33-15-26)20-10-5-11-22(20)27-25(32)34-14-21-18-8-3-1-6-16(18)17-7-2-4-9-19(17)21/h1-4,6-9,20-22H,5,10-15H2,(H,27,32)(H,28,29)(H,30,31)/t20-,22+,26?/m1/s1. The van der Waals surface area contributed by atoms with Crippen LogP contribution in [0.2, 0.25) is 0 Å². The smallest absolute Gasteiger partial charge is 0.407 e. The number of fused-ring (bicyclic) bond motifs is 3. The Bertz CT molecular complexity index is 1060. The number of ether oxygens (including phenoxy) is 2. The molecular weight excluding hydrogens is 436 g/mol. The number of hydrogen-bond acceptors (Lipinski definition) is 5. The van der Waals surface area contributed by atoms with Crippen molar-refractivity contribution in [3.63, 3.8) is 0 Å². The maximum atomic E-state index is 12.9. The summed E-state index contributed by atoms with van der Waals surface area (Å²) >= 11 is 0. The Kier molecular flexibility index (Phi) is 6.00. The van der Waals surface area contributed by atoms with E-state index in [1.165, 1.54) is 0 Å². The summed E-state index contributed by atoms with van der Waals surface area (Å²) in [6, 6.07) is 15.9. The number of hydrogen-bond donors (Lipinski definition) is 3. The summed E-state index contributed by atoms with van der Waals surface area (Å²) in [6.07, 6.45) is 1.65. The van der Waals surface area contributed by atoms with Crippen molar-refractivity contribution in [3.05, 3.63) is 59.7 Å². The number of aliphatic carboxylic acids is 1. The highest BCUT2D eigenvalue weighted by Gasteiger charge is 2.46. The number of carbonyl (C=O) groups excluding carboxylic acids is 2. The maximum Gasteiger partial charge on any atom is 0.407 e. The SMILES string of the molecule is O=C(N[C@H]1CCC[C@H]1C(=O)NC1(C(=O)O)CCOC1)OCC1c2ccccc2-c2ccccc21. The van der Waals surface area contributed by atoms with E-state index in [2.05, 4.69) is 34.9 Å². The van der Waals surface area contributed by atoms with Gasteiger partial charge in [-0.3, -0.25) is 4.79 Å². The molecule has 178 valence electrons. The van der Waals surface area contributed by atoms with Gasteiger partial charge in [0.1, 0.15) is 6.61 Å². The average molecular weight is 465 g/mol. The molecule has 3 atom stereocenters. The lowest BCUT2D eigenvalue weighted by Crippen LogP contribution is -2.58. The highest BCUT2D eigenvalue weighted by molar-refractivity contribution is 5.89. The van der Waals surface area contributed by atoms with Crippen molar-refractivity contribution >= 4 is 18.0 Å². The van der Waals surface area contributed by atoms with Crippen LogP contribution in [0.15, 0.2) is 48.5 Å². The van der Waals surface area contributed by atoms with Crippen molar-refractivity contribution < 1.29 is 29.0 Å². The summed E-state index contributed by atoms with van der Waals surface area (Å²) in [7, 11) is 0. The van der Waals surface area contributed by atoms with E-state index in [9.17, 15) is 19.5 Å². The lowest BCUT2D eigenvalue weighted by atomic mass is 9.95. The number of alkyl carbamates (subject to hydrolysis) is 1. The van der Waals surface area contributed by atoms with Gasteiger partial charge in [-0.2, -0.15) is 0 Å². The second kappa shape index (κ2) is 9.10. The molecule has 0 bridgehead atoms. The Balaban J connectivity index is 1.21. The van der Waals surface area contributed by atoms with Gasteiger partial charge in [0.25, 0.3) is 0 Å². The third-order valence-electron chi connectivity index (χ3n) is 7.29. The van der Waals surface area contributed by atoms with E-state index in [1.807, 2.05) is 24.3 Å². The van der Waals surface area contributed by atoms with Crippen molar-refractivity contribution in [2.24, 2.45) is 5.92 Å². The molecule has 0 radical (unpaired) electrons. The van der Waals surface area contributed by atoms with Gasteiger partial charge in [0.2, 0.25) is 5.91 Å². The van der Waals surface area contributed by atoms with Crippen LogP contribution in [0.3, 0.4) is 0 Å². The Morgan fingerprint density at radius 3 is 2.32 bits per heavy atom. The van der Waals surface area contributed by atoms with Crippen LogP contribution in [0.5, 0.6) is 0 Å². The number of carboxylic acid groups (broad SMARTS) is 1. The lowest BCUT2D eigenvalue weighted by Gasteiger charge is -2.27. The second-order valence-corrected chi connectivity index (χ2v) is 9.29. The molecule has 2 aliphatic carbocycles. The molecule has 1 saturated heterocycles. The summed E-state index contributed by atoms with van der Waals surface area (Å²) in [4.78, 5) is 37.3. The van der Waals surface area contributed by atoms with Gasteiger partial charge in [0, 0.05) is 25.0 Å². The Hall–Kier alpha value is -3.39. The normalized spacial score (nSPS) is 25.4. The minimum Gasteiger partial charge on any atom is -0.479 e. The number of carbonyl (C=O) groups is 3. The van der Waals surface area contributed by atoms with Crippen molar-refractivity contribution in [3.8, 4) is 11.1 Å². The summed E-state index contributed by atoms with van der Waals surface area (Å²) in [6.45, 7) is 0.437. The zero-order valence-corrected chi connectivity index (χ0v) is 18.8. The molecule has 34 heavy (non-hydrogen) atoms. The van der Waals surface area contributed by atoms with Gasteiger partial charge >= 0.3 is 12.1 Å². The predicted molar refractivity (Wildman–Crippen MR) is 123 cm³/mol. The zero-order chi connectivity index (χ0) is 23.7. The molecule has 1 unspecified atom stereocenters. The Labute approximate surface area is 197 Å². The van der Waals surface area contributed by atoms with Crippen LogP contribution in [0, 0.1) is 5.92 Å². The molecule has 2 aromatic carbocycles. The van der Waals surface area contributed by atoms with Crippen LogP contribution in [0.1, 0.15) is 42.7 Å². The summed E-state index contributed by atoms with van der Waals surface area (Å²) in [5.74, 6) is -2.01. The first-order valence-corrected chi connectivity index (χ1v) is 11.7. The molecule has 3 N–H and O–H groups in total. The topological polar surface area (TPSA) is 114 Å². The van der Waals surface area contributed by atoms with E-state index in [-0.39, 0.29) is 31.5 Å². The van der Waals surface area contributed by atoms with E-state index < -0.39 is 29.6 Å². The zero-order valence-electron chi connectivity index (χ0n) is 18.8. The van der Waals surface area contributed by atoms with Crippen LogP contribution in [0.25, 0.3) is 11.1 Å². The first-order chi connectivity index (χ1) is 16.5. The van der Waals surface area contributed by atoms with Crippen LogP contribution < -0.4 is 10.6 Å². The summed E-state index contributed by atoms with van der Waals surface area (Å²) in [5, 5.41) is 15.1. The van der Waals surface area contributed by atoms with Crippen LogP contribution in [-0.4, -0.2) is 54.5 Å². The van der Waals surface area contributed by atoms with E-state index in [0.717, 1.165) is 28.7 Å². The fraction of sp³-hybridized carbons (Fsp3) is 0.423.